The van der Waals surface area contributed by atoms with E-state index in [0.717, 1.165) is 34.8 Å². The van der Waals surface area contributed by atoms with E-state index in [9.17, 15) is 0 Å². The molecule has 1 aromatic carbocycles. The summed E-state index contributed by atoms with van der Waals surface area (Å²) in [6.45, 7) is 6.97. The molecule has 0 bridgehead atoms. The first-order chi connectivity index (χ1) is 9.02. The third kappa shape index (κ3) is 2.99. The topological polar surface area (TPSA) is 43.8 Å². The normalized spacial score (nSPS) is 12.7. The fourth-order valence-electron chi connectivity index (χ4n) is 2.40. The van der Waals surface area contributed by atoms with E-state index in [1.807, 2.05) is 36.7 Å². The molecule has 1 unspecified atom stereocenters. The first-order valence-electron chi connectivity index (χ1n) is 6.56. The molecule has 1 atom stereocenters. The molecule has 0 saturated heterocycles. The molecule has 3 nitrogen and oxygen atoms in total. The molecular weight excluding hydrogens is 258 g/mol. The average molecular weight is 278 g/mol. The maximum Gasteiger partial charge on any atom is 0.0596 e. The lowest BCUT2D eigenvalue weighted by Gasteiger charge is -2.16. The number of hydrogen-bond donors (Lipinski definition) is 1. The van der Waals surface area contributed by atoms with Gasteiger partial charge < -0.3 is 5.73 Å². The van der Waals surface area contributed by atoms with E-state index in [4.69, 9.17) is 17.3 Å². The minimum absolute atomic E-state index is 0.0555. The van der Waals surface area contributed by atoms with Gasteiger partial charge in [0.25, 0.3) is 0 Å². The highest BCUT2D eigenvalue weighted by Crippen LogP contribution is 2.25. The SMILES string of the molecule is CCn1nc(C)cc1CC(N)c1cccc(Cl)c1C. The monoisotopic (exact) mass is 277 g/mol. The molecule has 0 aliphatic rings. The number of aryl methyl sites for hydroxylation is 2. The molecule has 2 N–H and O–H groups in total. The zero-order chi connectivity index (χ0) is 14.0. The van der Waals surface area contributed by atoms with E-state index in [1.54, 1.807) is 0 Å². The number of halogens is 1. The second kappa shape index (κ2) is 5.76. The molecule has 1 heterocycles. The van der Waals surface area contributed by atoms with Gasteiger partial charge in [-0.3, -0.25) is 4.68 Å². The van der Waals surface area contributed by atoms with Crippen LogP contribution in [0.3, 0.4) is 0 Å². The van der Waals surface area contributed by atoms with Crippen LogP contribution in [-0.2, 0) is 13.0 Å². The fourth-order valence-corrected chi connectivity index (χ4v) is 2.58. The summed E-state index contributed by atoms with van der Waals surface area (Å²) in [4.78, 5) is 0. The van der Waals surface area contributed by atoms with Crippen LogP contribution in [0.4, 0.5) is 0 Å². The minimum Gasteiger partial charge on any atom is -0.324 e. The van der Waals surface area contributed by atoms with E-state index in [1.165, 1.54) is 5.69 Å². The smallest absolute Gasteiger partial charge is 0.0596 e. The van der Waals surface area contributed by atoms with E-state index in [-0.39, 0.29) is 6.04 Å². The molecule has 0 aliphatic heterocycles. The first-order valence-corrected chi connectivity index (χ1v) is 6.94. The Morgan fingerprint density at radius 2 is 2.11 bits per heavy atom. The van der Waals surface area contributed by atoms with Crippen molar-refractivity contribution < 1.29 is 0 Å². The van der Waals surface area contributed by atoms with Gasteiger partial charge in [0, 0.05) is 29.7 Å². The molecule has 1 aromatic heterocycles. The van der Waals surface area contributed by atoms with Gasteiger partial charge in [0.15, 0.2) is 0 Å². The highest BCUT2D eigenvalue weighted by molar-refractivity contribution is 6.31. The summed E-state index contributed by atoms with van der Waals surface area (Å²) in [6.07, 6.45) is 0.774. The van der Waals surface area contributed by atoms with E-state index in [0.29, 0.717) is 0 Å². The standard InChI is InChI=1S/C15H20ClN3/c1-4-19-12(8-10(2)18-19)9-15(17)13-6-5-7-14(16)11(13)3/h5-8,15H,4,9,17H2,1-3H3. The quantitative estimate of drug-likeness (QED) is 0.931. The van der Waals surface area contributed by atoms with Crippen molar-refractivity contribution in [2.45, 2.75) is 39.8 Å². The van der Waals surface area contributed by atoms with Crippen molar-refractivity contribution >= 4 is 11.6 Å². The van der Waals surface area contributed by atoms with Gasteiger partial charge in [0.1, 0.15) is 0 Å². The number of nitrogens with zero attached hydrogens (tertiary/aromatic N) is 2. The van der Waals surface area contributed by atoms with Gasteiger partial charge in [-0.15, -0.1) is 0 Å². The van der Waals surface area contributed by atoms with Crippen molar-refractivity contribution in [1.82, 2.24) is 9.78 Å². The lowest BCUT2D eigenvalue weighted by molar-refractivity contribution is 0.586. The van der Waals surface area contributed by atoms with Crippen LogP contribution in [0.1, 0.15) is 35.5 Å². The highest BCUT2D eigenvalue weighted by Gasteiger charge is 2.14. The Balaban J connectivity index is 2.25. The lowest BCUT2D eigenvalue weighted by atomic mass is 9.98. The predicted octanol–water partition coefficient (Wildman–Crippen LogP) is 3.42. The molecule has 0 fully saturated rings. The molecule has 0 amide bonds. The molecule has 0 saturated carbocycles. The van der Waals surface area contributed by atoms with Gasteiger partial charge >= 0.3 is 0 Å². The van der Waals surface area contributed by atoms with Gasteiger partial charge in [-0.1, -0.05) is 23.7 Å². The van der Waals surface area contributed by atoms with Crippen LogP contribution in [0, 0.1) is 13.8 Å². The van der Waals surface area contributed by atoms with Gasteiger partial charge in [0.05, 0.1) is 5.69 Å². The van der Waals surface area contributed by atoms with Crippen molar-refractivity contribution in [2.75, 3.05) is 0 Å². The third-order valence-electron chi connectivity index (χ3n) is 3.42. The summed E-state index contributed by atoms with van der Waals surface area (Å²) in [5, 5.41) is 5.22. The maximum absolute atomic E-state index is 6.33. The number of nitrogens with two attached hydrogens (primary N) is 1. The van der Waals surface area contributed by atoms with Crippen molar-refractivity contribution in [3.8, 4) is 0 Å². The van der Waals surface area contributed by atoms with Gasteiger partial charge in [-0.05, 0) is 44.0 Å². The summed E-state index contributed by atoms with van der Waals surface area (Å²) in [5.41, 5.74) is 10.7. The predicted molar refractivity (Wildman–Crippen MR) is 79.5 cm³/mol. The first kappa shape index (κ1) is 14.1. The lowest BCUT2D eigenvalue weighted by Crippen LogP contribution is -2.17. The molecular formula is C15H20ClN3. The molecule has 2 aromatic rings. The van der Waals surface area contributed by atoms with E-state index < -0.39 is 0 Å². The Morgan fingerprint density at radius 3 is 2.79 bits per heavy atom. The van der Waals surface area contributed by atoms with Crippen molar-refractivity contribution in [3.05, 3.63) is 51.8 Å². The molecule has 4 heteroatoms. The summed E-state index contributed by atoms with van der Waals surface area (Å²) < 4.78 is 2.01. The van der Waals surface area contributed by atoms with Crippen LogP contribution in [0.25, 0.3) is 0 Å². The van der Waals surface area contributed by atoms with Crippen molar-refractivity contribution in [1.29, 1.82) is 0 Å². The number of benzene rings is 1. The minimum atomic E-state index is -0.0555. The number of rotatable bonds is 4. The van der Waals surface area contributed by atoms with Crippen molar-refractivity contribution in [3.63, 3.8) is 0 Å². The molecule has 2 rings (SSSR count). The Kier molecular flexibility index (Phi) is 4.27. The summed E-state index contributed by atoms with van der Waals surface area (Å²) in [5.74, 6) is 0. The summed E-state index contributed by atoms with van der Waals surface area (Å²) in [7, 11) is 0. The van der Waals surface area contributed by atoms with Gasteiger partial charge in [-0.2, -0.15) is 5.10 Å². The van der Waals surface area contributed by atoms with Crippen LogP contribution < -0.4 is 5.73 Å². The number of aromatic nitrogens is 2. The summed E-state index contributed by atoms with van der Waals surface area (Å²) in [6, 6.07) is 7.94. The molecule has 0 radical (unpaired) electrons. The molecule has 0 spiro atoms. The Bertz CT molecular complexity index is 575. The Morgan fingerprint density at radius 1 is 1.37 bits per heavy atom. The second-order valence-electron chi connectivity index (χ2n) is 4.86. The molecule has 19 heavy (non-hydrogen) atoms. The third-order valence-corrected chi connectivity index (χ3v) is 3.83. The van der Waals surface area contributed by atoms with E-state index in [2.05, 4.69) is 18.1 Å². The van der Waals surface area contributed by atoms with E-state index >= 15 is 0 Å². The highest BCUT2D eigenvalue weighted by atomic mass is 35.5. The Hall–Kier alpha value is -1.32. The zero-order valence-corrected chi connectivity index (χ0v) is 12.4. The molecule has 102 valence electrons. The summed E-state index contributed by atoms with van der Waals surface area (Å²) >= 11 is 6.15. The molecule has 0 aliphatic carbocycles. The van der Waals surface area contributed by atoms with Gasteiger partial charge in [-0.25, -0.2) is 0 Å². The Labute approximate surface area is 119 Å². The second-order valence-corrected chi connectivity index (χ2v) is 5.26. The fraction of sp³-hybridized carbons (Fsp3) is 0.400. The van der Waals surface area contributed by atoms with Crippen LogP contribution in [0.5, 0.6) is 0 Å². The number of hydrogen-bond acceptors (Lipinski definition) is 2. The maximum atomic E-state index is 6.33. The van der Waals surface area contributed by atoms with Crippen molar-refractivity contribution in [2.24, 2.45) is 5.73 Å². The van der Waals surface area contributed by atoms with Crippen LogP contribution >= 0.6 is 11.6 Å². The van der Waals surface area contributed by atoms with Crippen LogP contribution in [0.15, 0.2) is 24.3 Å². The average Bonchev–Trinajstić information content (AvgIpc) is 2.72. The van der Waals surface area contributed by atoms with Gasteiger partial charge in [0.2, 0.25) is 0 Å². The largest absolute Gasteiger partial charge is 0.324 e. The van der Waals surface area contributed by atoms with Crippen LogP contribution in [0.2, 0.25) is 5.02 Å². The van der Waals surface area contributed by atoms with Crippen LogP contribution in [-0.4, -0.2) is 9.78 Å². The zero-order valence-electron chi connectivity index (χ0n) is 11.7.